The standard InChI is InChI=1S/C26H22N6O3S/c1-19(15-16-20-9-4-2-5-10-20)27-28-24(33)18-36-26-30-29-25(31(26)22-12-6-3-7-13-22)21-11-8-14-23(17-21)32(34)35/h2-17H,18H2,1H3,(H,28,33)/b16-15+,27-19+. The molecule has 4 aromatic rings. The van der Waals surface area contributed by atoms with Gasteiger partial charge in [0.25, 0.3) is 11.6 Å². The van der Waals surface area contributed by atoms with Gasteiger partial charge in [-0.05, 0) is 30.7 Å². The van der Waals surface area contributed by atoms with E-state index >= 15 is 0 Å². The van der Waals surface area contributed by atoms with Crippen molar-refractivity contribution >= 4 is 35.1 Å². The number of nitro groups is 1. The van der Waals surface area contributed by atoms with Gasteiger partial charge < -0.3 is 0 Å². The maximum absolute atomic E-state index is 12.4. The first-order valence-electron chi connectivity index (χ1n) is 11.0. The van der Waals surface area contributed by atoms with E-state index in [4.69, 9.17) is 0 Å². The molecule has 1 N–H and O–H groups in total. The molecule has 4 rings (SSSR count). The maximum Gasteiger partial charge on any atom is 0.270 e. The Balaban J connectivity index is 1.49. The van der Waals surface area contributed by atoms with Crippen LogP contribution in [-0.4, -0.2) is 37.1 Å². The summed E-state index contributed by atoms with van der Waals surface area (Å²) >= 11 is 1.19. The highest BCUT2D eigenvalue weighted by molar-refractivity contribution is 7.99. The van der Waals surface area contributed by atoms with Crippen LogP contribution in [0, 0.1) is 10.1 Å². The first kappa shape index (κ1) is 24.6. The van der Waals surface area contributed by atoms with E-state index in [1.54, 1.807) is 23.6 Å². The number of benzene rings is 3. The van der Waals surface area contributed by atoms with Crippen LogP contribution in [-0.2, 0) is 4.79 Å². The highest BCUT2D eigenvalue weighted by Gasteiger charge is 2.19. The van der Waals surface area contributed by atoms with Gasteiger partial charge in [-0.25, -0.2) is 5.43 Å². The molecule has 0 bridgehead atoms. The molecule has 180 valence electrons. The number of para-hydroxylation sites is 1. The number of nitrogens with one attached hydrogen (secondary N) is 1. The molecule has 0 aliphatic rings. The summed E-state index contributed by atoms with van der Waals surface area (Å²) in [7, 11) is 0. The number of carbonyl (C=O) groups is 1. The Kier molecular flexibility index (Phi) is 7.99. The highest BCUT2D eigenvalue weighted by Crippen LogP contribution is 2.29. The lowest BCUT2D eigenvalue weighted by atomic mass is 10.2. The van der Waals surface area contributed by atoms with Crippen molar-refractivity contribution in [3.8, 4) is 17.1 Å². The third-order valence-electron chi connectivity index (χ3n) is 4.97. The Morgan fingerprint density at radius 2 is 1.78 bits per heavy atom. The molecule has 0 saturated carbocycles. The number of non-ortho nitro benzene ring substituents is 1. The number of amides is 1. The number of hydrogen-bond acceptors (Lipinski definition) is 7. The molecular formula is C26H22N6O3S. The van der Waals surface area contributed by atoms with Crippen molar-refractivity contribution in [3.63, 3.8) is 0 Å². The second-order valence-corrected chi connectivity index (χ2v) is 8.55. The van der Waals surface area contributed by atoms with Gasteiger partial charge in [-0.1, -0.05) is 78.5 Å². The van der Waals surface area contributed by atoms with Crippen LogP contribution in [0.4, 0.5) is 5.69 Å². The summed E-state index contributed by atoms with van der Waals surface area (Å²) in [6.07, 6.45) is 3.73. The monoisotopic (exact) mass is 498 g/mol. The number of aromatic nitrogens is 3. The first-order chi connectivity index (χ1) is 17.5. The molecule has 0 spiro atoms. The predicted octanol–water partition coefficient (Wildman–Crippen LogP) is 5.14. The Morgan fingerprint density at radius 3 is 2.50 bits per heavy atom. The molecule has 0 saturated heterocycles. The van der Waals surface area contributed by atoms with Crippen LogP contribution in [0.2, 0.25) is 0 Å². The van der Waals surface area contributed by atoms with Gasteiger partial charge in [-0.15, -0.1) is 10.2 Å². The molecule has 36 heavy (non-hydrogen) atoms. The molecule has 3 aromatic carbocycles. The summed E-state index contributed by atoms with van der Waals surface area (Å²) in [4.78, 5) is 23.2. The van der Waals surface area contributed by atoms with Crippen molar-refractivity contribution < 1.29 is 9.72 Å². The number of hydrogen-bond donors (Lipinski definition) is 1. The van der Waals surface area contributed by atoms with Gasteiger partial charge in [0.05, 0.1) is 16.4 Å². The molecule has 9 nitrogen and oxygen atoms in total. The van der Waals surface area contributed by atoms with E-state index in [9.17, 15) is 14.9 Å². The zero-order valence-corrected chi connectivity index (χ0v) is 20.1. The lowest BCUT2D eigenvalue weighted by molar-refractivity contribution is -0.384. The first-order valence-corrected chi connectivity index (χ1v) is 11.9. The van der Waals surface area contributed by atoms with Crippen LogP contribution < -0.4 is 5.43 Å². The zero-order chi connectivity index (χ0) is 25.3. The summed E-state index contributed by atoms with van der Waals surface area (Å²) < 4.78 is 1.77. The number of carbonyl (C=O) groups excluding carboxylic acids is 1. The summed E-state index contributed by atoms with van der Waals surface area (Å²) in [5, 5.41) is 24.4. The van der Waals surface area contributed by atoms with Crippen LogP contribution in [0.5, 0.6) is 0 Å². The molecule has 0 unspecified atom stereocenters. The topological polar surface area (TPSA) is 115 Å². The normalized spacial score (nSPS) is 11.5. The van der Waals surface area contributed by atoms with Crippen molar-refractivity contribution in [2.24, 2.45) is 5.10 Å². The largest absolute Gasteiger partial charge is 0.272 e. The fourth-order valence-corrected chi connectivity index (χ4v) is 3.99. The van der Waals surface area contributed by atoms with E-state index in [1.165, 1.54) is 23.9 Å². The fraction of sp³-hybridized carbons (Fsp3) is 0.0769. The molecule has 0 radical (unpaired) electrons. The fourth-order valence-electron chi connectivity index (χ4n) is 3.25. The van der Waals surface area contributed by atoms with Crippen LogP contribution in [0.15, 0.2) is 101 Å². The molecule has 10 heteroatoms. The van der Waals surface area contributed by atoms with Crippen molar-refractivity contribution in [1.82, 2.24) is 20.2 Å². The second-order valence-electron chi connectivity index (χ2n) is 7.61. The minimum absolute atomic E-state index is 0.0433. The third kappa shape index (κ3) is 6.30. The van der Waals surface area contributed by atoms with Gasteiger partial charge in [0, 0.05) is 23.4 Å². The minimum atomic E-state index is -0.454. The summed E-state index contributed by atoms with van der Waals surface area (Å²) in [6, 6.07) is 25.4. The van der Waals surface area contributed by atoms with E-state index in [0.29, 0.717) is 22.3 Å². The Bertz CT molecular complexity index is 1420. The smallest absolute Gasteiger partial charge is 0.270 e. The molecule has 0 atom stereocenters. The molecule has 0 fully saturated rings. The quantitative estimate of drug-likeness (QED) is 0.148. The van der Waals surface area contributed by atoms with Gasteiger partial charge >= 0.3 is 0 Å². The van der Waals surface area contributed by atoms with E-state index in [-0.39, 0.29) is 17.3 Å². The van der Waals surface area contributed by atoms with Gasteiger partial charge in [0.2, 0.25) is 0 Å². The van der Waals surface area contributed by atoms with Gasteiger partial charge in [-0.2, -0.15) is 5.10 Å². The van der Waals surface area contributed by atoms with Crippen molar-refractivity contribution in [1.29, 1.82) is 0 Å². The second kappa shape index (κ2) is 11.7. The average molecular weight is 499 g/mol. The molecule has 1 amide bonds. The lowest BCUT2D eigenvalue weighted by Crippen LogP contribution is -2.20. The number of rotatable bonds is 9. The predicted molar refractivity (Wildman–Crippen MR) is 141 cm³/mol. The minimum Gasteiger partial charge on any atom is -0.272 e. The number of nitro benzene ring substituents is 1. The number of hydrazone groups is 1. The van der Waals surface area contributed by atoms with Crippen molar-refractivity contribution in [2.45, 2.75) is 12.1 Å². The molecule has 0 aliphatic carbocycles. The number of nitrogens with zero attached hydrogens (tertiary/aromatic N) is 5. The van der Waals surface area contributed by atoms with E-state index in [0.717, 1.165) is 11.3 Å². The SMILES string of the molecule is CC(/C=C/c1ccccc1)=N\NC(=O)CSc1nnc(-c2cccc([N+](=O)[O-])c2)n1-c1ccccc1. The molecule has 1 heterocycles. The van der Waals surface area contributed by atoms with Gasteiger partial charge in [0.15, 0.2) is 11.0 Å². The van der Waals surface area contributed by atoms with E-state index in [2.05, 4.69) is 20.7 Å². The lowest BCUT2D eigenvalue weighted by Gasteiger charge is -2.10. The number of allylic oxidation sites excluding steroid dienone is 1. The summed E-state index contributed by atoms with van der Waals surface area (Å²) in [6.45, 7) is 1.80. The Morgan fingerprint density at radius 1 is 1.06 bits per heavy atom. The van der Waals surface area contributed by atoms with Crippen LogP contribution >= 0.6 is 11.8 Å². The van der Waals surface area contributed by atoms with Crippen molar-refractivity contribution in [3.05, 3.63) is 107 Å². The Labute approximate surface area is 211 Å². The van der Waals surface area contributed by atoms with Gasteiger partial charge in [-0.3, -0.25) is 19.5 Å². The summed E-state index contributed by atoms with van der Waals surface area (Å²) in [5.41, 5.74) is 5.51. The third-order valence-corrected chi connectivity index (χ3v) is 5.90. The average Bonchev–Trinajstić information content (AvgIpc) is 3.34. The maximum atomic E-state index is 12.4. The Hall–Kier alpha value is -4.57. The van der Waals surface area contributed by atoms with Crippen molar-refractivity contribution in [2.75, 3.05) is 5.75 Å². The van der Waals surface area contributed by atoms with E-state index < -0.39 is 4.92 Å². The summed E-state index contributed by atoms with van der Waals surface area (Å²) in [5.74, 6) is 0.193. The molecular weight excluding hydrogens is 476 g/mol. The number of thioether (sulfide) groups is 1. The zero-order valence-electron chi connectivity index (χ0n) is 19.3. The van der Waals surface area contributed by atoms with Crippen LogP contribution in [0.1, 0.15) is 12.5 Å². The van der Waals surface area contributed by atoms with Crippen LogP contribution in [0.3, 0.4) is 0 Å². The van der Waals surface area contributed by atoms with Crippen LogP contribution in [0.25, 0.3) is 23.2 Å². The van der Waals surface area contributed by atoms with Gasteiger partial charge in [0.1, 0.15) is 0 Å². The molecule has 0 aliphatic heterocycles. The molecule has 1 aromatic heterocycles. The highest BCUT2D eigenvalue weighted by atomic mass is 32.2. The van der Waals surface area contributed by atoms with E-state index in [1.807, 2.05) is 72.8 Å².